The van der Waals surface area contributed by atoms with Gasteiger partial charge < -0.3 is 15.4 Å². The molecule has 2 fully saturated rings. The van der Waals surface area contributed by atoms with E-state index in [4.69, 9.17) is 9.73 Å². The molecule has 0 radical (unpaired) electrons. The van der Waals surface area contributed by atoms with Gasteiger partial charge in [-0.25, -0.2) is 4.99 Å². The van der Waals surface area contributed by atoms with E-state index in [9.17, 15) is 0 Å². The Morgan fingerprint density at radius 3 is 2.33 bits per heavy atom. The third-order valence-corrected chi connectivity index (χ3v) is 5.88. The van der Waals surface area contributed by atoms with Crippen LogP contribution in [0, 0.1) is 0 Å². The van der Waals surface area contributed by atoms with Crippen molar-refractivity contribution < 1.29 is 4.74 Å². The smallest absolute Gasteiger partial charge is 0.191 e. The van der Waals surface area contributed by atoms with Gasteiger partial charge in [-0.05, 0) is 50.9 Å². The zero-order valence-electron chi connectivity index (χ0n) is 18.7. The average molecular weight is 530 g/mol. The van der Waals surface area contributed by atoms with Crippen molar-refractivity contribution in [3.8, 4) is 0 Å². The summed E-state index contributed by atoms with van der Waals surface area (Å²) >= 11 is 0. The Kier molecular flexibility index (Phi) is 12.0. The van der Waals surface area contributed by atoms with E-state index >= 15 is 0 Å². The van der Waals surface area contributed by atoms with Gasteiger partial charge in [0.2, 0.25) is 0 Å². The van der Waals surface area contributed by atoms with Gasteiger partial charge in [-0.1, -0.05) is 30.7 Å². The molecule has 0 aromatic heterocycles. The predicted octanol–water partition coefficient (Wildman–Crippen LogP) is 3.07. The highest BCUT2D eigenvalue weighted by atomic mass is 127. The minimum Gasteiger partial charge on any atom is -0.379 e. The highest BCUT2D eigenvalue weighted by molar-refractivity contribution is 14.0. The van der Waals surface area contributed by atoms with E-state index in [1.165, 1.54) is 43.5 Å². The van der Waals surface area contributed by atoms with Crippen molar-refractivity contribution in [1.82, 2.24) is 20.4 Å². The van der Waals surface area contributed by atoms with Crippen LogP contribution in [-0.2, 0) is 17.8 Å². The Balaban J connectivity index is 0.00000320. The summed E-state index contributed by atoms with van der Waals surface area (Å²) in [6, 6.07) is 9.45. The Morgan fingerprint density at radius 1 is 1.00 bits per heavy atom. The summed E-state index contributed by atoms with van der Waals surface area (Å²) < 4.78 is 5.45. The molecular weight excluding hydrogens is 489 g/mol. The zero-order chi connectivity index (χ0) is 20.3. The Hall–Kier alpha value is -0.900. The lowest BCUT2D eigenvalue weighted by molar-refractivity contribution is 0.0211. The predicted molar refractivity (Wildman–Crippen MR) is 136 cm³/mol. The molecule has 1 unspecified atom stereocenters. The molecule has 0 spiro atoms. The van der Waals surface area contributed by atoms with Gasteiger partial charge >= 0.3 is 0 Å². The van der Waals surface area contributed by atoms with Crippen molar-refractivity contribution >= 4 is 29.9 Å². The summed E-state index contributed by atoms with van der Waals surface area (Å²) in [5.74, 6) is 0.894. The summed E-state index contributed by atoms with van der Waals surface area (Å²) in [6.45, 7) is 14.1. The van der Waals surface area contributed by atoms with Crippen molar-refractivity contribution in [2.24, 2.45) is 4.99 Å². The second kappa shape index (κ2) is 14.2. The Morgan fingerprint density at radius 2 is 1.67 bits per heavy atom. The molecule has 6 nitrogen and oxygen atoms in total. The van der Waals surface area contributed by atoms with E-state index in [1.807, 2.05) is 0 Å². The minimum absolute atomic E-state index is 0. The van der Waals surface area contributed by atoms with Gasteiger partial charge in [0, 0.05) is 38.8 Å². The van der Waals surface area contributed by atoms with Gasteiger partial charge in [-0.15, -0.1) is 24.0 Å². The molecule has 1 aromatic carbocycles. The maximum absolute atomic E-state index is 5.45. The van der Waals surface area contributed by atoms with Crippen LogP contribution in [-0.4, -0.2) is 74.3 Å². The number of guanidine groups is 1. The maximum atomic E-state index is 5.45. The number of likely N-dealkylation sites (tertiary alicyclic amines) is 1. The highest BCUT2D eigenvalue weighted by Crippen LogP contribution is 2.14. The molecule has 2 aliphatic heterocycles. The van der Waals surface area contributed by atoms with Gasteiger partial charge in [-0.2, -0.15) is 0 Å². The van der Waals surface area contributed by atoms with Crippen LogP contribution in [0.4, 0.5) is 0 Å². The summed E-state index contributed by atoms with van der Waals surface area (Å²) in [5, 5.41) is 6.87. The van der Waals surface area contributed by atoms with Crippen molar-refractivity contribution in [3.05, 3.63) is 35.4 Å². The first-order valence-corrected chi connectivity index (χ1v) is 11.4. The normalized spacial score (nSPS) is 19.7. The first kappa shape index (κ1) is 25.4. The van der Waals surface area contributed by atoms with E-state index in [-0.39, 0.29) is 24.0 Å². The summed E-state index contributed by atoms with van der Waals surface area (Å²) in [6.07, 6.45) is 4.08. The molecule has 1 aromatic rings. The number of hydrogen-bond donors (Lipinski definition) is 2. The van der Waals surface area contributed by atoms with Crippen LogP contribution in [0.2, 0.25) is 0 Å². The van der Waals surface area contributed by atoms with E-state index in [0.717, 1.165) is 51.9 Å². The molecule has 7 heteroatoms. The monoisotopic (exact) mass is 529 g/mol. The molecule has 0 amide bonds. The van der Waals surface area contributed by atoms with Crippen LogP contribution in [0.15, 0.2) is 29.3 Å². The van der Waals surface area contributed by atoms with Crippen LogP contribution in [0.5, 0.6) is 0 Å². The molecule has 2 saturated heterocycles. The van der Waals surface area contributed by atoms with Crippen LogP contribution in [0.1, 0.15) is 44.2 Å². The fourth-order valence-electron chi connectivity index (χ4n) is 4.03. The molecule has 2 N–H and O–H groups in total. The Labute approximate surface area is 199 Å². The lowest BCUT2D eigenvalue weighted by Gasteiger charge is -2.32. The van der Waals surface area contributed by atoms with Gasteiger partial charge in [0.1, 0.15) is 0 Å². The van der Waals surface area contributed by atoms with Crippen molar-refractivity contribution in [1.29, 1.82) is 0 Å². The van der Waals surface area contributed by atoms with Crippen LogP contribution < -0.4 is 10.6 Å². The second-order valence-corrected chi connectivity index (χ2v) is 8.23. The molecule has 0 saturated carbocycles. The summed E-state index contributed by atoms with van der Waals surface area (Å²) in [5.41, 5.74) is 2.66. The van der Waals surface area contributed by atoms with E-state index < -0.39 is 0 Å². The SMILES string of the molecule is CCNC(=NCc1ccc(CN2CCCCC2)cc1)NCC(C)N1CCOCC1.I. The molecular formula is C23H40IN5O. The molecule has 2 heterocycles. The number of piperidine rings is 1. The standard InChI is InChI=1S/C23H39N5O.HI/c1-3-24-23(25-17-20(2)28-13-15-29-16-14-28)26-18-21-7-9-22(10-8-21)19-27-11-5-4-6-12-27;/h7-10,20H,3-6,11-19H2,1-2H3,(H2,24,25,26);1H. The number of morpholine rings is 1. The minimum atomic E-state index is 0. The number of benzene rings is 1. The van der Waals surface area contributed by atoms with E-state index in [1.54, 1.807) is 0 Å². The van der Waals surface area contributed by atoms with Crippen molar-refractivity contribution in [3.63, 3.8) is 0 Å². The highest BCUT2D eigenvalue weighted by Gasteiger charge is 2.17. The van der Waals surface area contributed by atoms with Gasteiger partial charge in [0.15, 0.2) is 5.96 Å². The molecule has 1 atom stereocenters. The van der Waals surface area contributed by atoms with Crippen LogP contribution in [0.3, 0.4) is 0 Å². The van der Waals surface area contributed by atoms with E-state index in [0.29, 0.717) is 12.6 Å². The van der Waals surface area contributed by atoms with Gasteiger partial charge in [0.25, 0.3) is 0 Å². The van der Waals surface area contributed by atoms with E-state index in [2.05, 4.69) is 58.5 Å². The Bertz CT molecular complexity index is 613. The number of nitrogens with one attached hydrogen (secondary N) is 2. The van der Waals surface area contributed by atoms with Crippen LogP contribution >= 0.6 is 24.0 Å². The van der Waals surface area contributed by atoms with Gasteiger partial charge in [0.05, 0.1) is 19.8 Å². The molecule has 3 rings (SSSR count). The third-order valence-electron chi connectivity index (χ3n) is 5.88. The van der Waals surface area contributed by atoms with Crippen LogP contribution in [0.25, 0.3) is 0 Å². The molecule has 30 heavy (non-hydrogen) atoms. The number of rotatable bonds is 8. The number of aliphatic imine (C=N–C) groups is 1. The largest absolute Gasteiger partial charge is 0.379 e. The summed E-state index contributed by atoms with van der Waals surface area (Å²) in [7, 11) is 0. The molecule has 2 aliphatic rings. The molecule has 170 valence electrons. The van der Waals surface area contributed by atoms with Crippen molar-refractivity contribution in [2.75, 3.05) is 52.5 Å². The number of halogens is 1. The number of ether oxygens (including phenoxy) is 1. The lowest BCUT2D eigenvalue weighted by atomic mass is 10.1. The number of nitrogens with zero attached hydrogens (tertiary/aromatic N) is 3. The fraction of sp³-hybridized carbons (Fsp3) is 0.696. The molecule has 0 bridgehead atoms. The second-order valence-electron chi connectivity index (χ2n) is 8.23. The van der Waals surface area contributed by atoms with Crippen molar-refractivity contribution in [2.45, 2.75) is 52.2 Å². The first-order valence-electron chi connectivity index (χ1n) is 11.4. The number of hydrogen-bond acceptors (Lipinski definition) is 4. The third kappa shape index (κ3) is 8.69. The first-order chi connectivity index (χ1) is 14.2. The molecule has 0 aliphatic carbocycles. The summed E-state index contributed by atoms with van der Waals surface area (Å²) in [4.78, 5) is 9.83. The zero-order valence-corrected chi connectivity index (χ0v) is 21.1. The maximum Gasteiger partial charge on any atom is 0.191 e. The fourth-order valence-corrected chi connectivity index (χ4v) is 4.03. The average Bonchev–Trinajstić information content (AvgIpc) is 2.78. The lowest BCUT2D eigenvalue weighted by Crippen LogP contribution is -2.49. The quantitative estimate of drug-likeness (QED) is 0.308. The van der Waals surface area contributed by atoms with Gasteiger partial charge in [-0.3, -0.25) is 9.80 Å². The topological polar surface area (TPSA) is 52.1 Å².